The third-order valence-electron chi connectivity index (χ3n) is 3.42. The highest BCUT2D eigenvalue weighted by Gasteiger charge is 2.24. The molecule has 1 aromatic carbocycles. The summed E-state index contributed by atoms with van der Waals surface area (Å²) in [6.45, 7) is 1.12. The van der Waals surface area contributed by atoms with Crippen LogP contribution in [0.2, 0.25) is 0 Å². The van der Waals surface area contributed by atoms with Gasteiger partial charge >= 0.3 is 5.97 Å². The van der Waals surface area contributed by atoms with Crippen LogP contribution in [0.15, 0.2) is 24.3 Å². The number of hydrogen-bond acceptors (Lipinski definition) is 5. The molecule has 21 heavy (non-hydrogen) atoms. The quantitative estimate of drug-likeness (QED) is 0.869. The first-order valence-corrected chi connectivity index (χ1v) is 6.60. The average molecular weight is 287 g/mol. The Morgan fingerprint density at radius 2 is 2.14 bits per heavy atom. The monoisotopic (exact) mass is 287 g/mol. The molecule has 0 unspecified atom stereocenters. The zero-order valence-electron chi connectivity index (χ0n) is 11.5. The molecule has 2 aromatic rings. The van der Waals surface area contributed by atoms with Gasteiger partial charge in [0.2, 0.25) is 0 Å². The average Bonchev–Trinajstić information content (AvgIpc) is 2.96. The van der Waals surface area contributed by atoms with Gasteiger partial charge in [-0.2, -0.15) is 0 Å². The van der Waals surface area contributed by atoms with E-state index < -0.39 is 5.97 Å². The first-order chi connectivity index (χ1) is 10.2. The lowest BCUT2D eigenvalue weighted by Crippen LogP contribution is -2.13. The number of carbonyl (C=O) groups excluding carboxylic acids is 1. The van der Waals surface area contributed by atoms with E-state index in [0.717, 1.165) is 11.3 Å². The topological polar surface area (TPSA) is 64.1 Å². The minimum atomic E-state index is -0.493. The molecule has 1 N–H and O–H groups in total. The number of rotatable bonds is 3. The Balaban J connectivity index is 2.00. The van der Waals surface area contributed by atoms with Crippen molar-refractivity contribution in [3.05, 3.63) is 58.4 Å². The zero-order valence-corrected chi connectivity index (χ0v) is 11.5. The van der Waals surface area contributed by atoms with Crippen molar-refractivity contribution >= 4 is 5.97 Å². The Bertz CT molecular complexity index is 703. The molecular weight excluding hydrogens is 273 g/mol. The molecule has 108 valence electrons. The molecule has 0 aliphatic carbocycles. The standard InChI is InChI=1S/C15H14FN3O2/c1-21-15(20)14-10-7-17-8-12(10)18-13(19-14)6-9-4-2-3-5-11(9)16/h2-5,17H,6-8H2,1H3. The van der Waals surface area contributed by atoms with E-state index in [1.807, 2.05) is 0 Å². The highest BCUT2D eigenvalue weighted by molar-refractivity contribution is 5.89. The fraction of sp³-hybridized carbons (Fsp3) is 0.267. The van der Waals surface area contributed by atoms with Crippen molar-refractivity contribution in [2.45, 2.75) is 19.5 Å². The van der Waals surface area contributed by atoms with Gasteiger partial charge in [0.05, 0.1) is 12.8 Å². The molecule has 1 aromatic heterocycles. The van der Waals surface area contributed by atoms with E-state index in [9.17, 15) is 9.18 Å². The van der Waals surface area contributed by atoms with E-state index in [2.05, 4.69) is 15.3 Å². The Kier molecular flexibility index (Phi) is 3.62. The smallest absolute Gasteiger partial charge is 0.357 e. The molecule has 1 aliphatic rings. The summed E-state index contributed by atoms with van der Waals surface area (Å²) in [7, 11) is 1.32. The fourth-order valence-electron chi connectivity index (χ4n) is 2.38. The van der Waals surface area contributed by atoms with Crippen LogP contribution in [0.1, 0.15) is 33.1 Å². The maximum atomic E-state index is 13.7. The Morgan fingerprint density at radius 3 is 2.90 bits per heavy atom. The Hall–Kier alpha value is -2.34. The summed E-state index contributed by atoms with van der Waals surface area (Å²) in [4.78, 5) is 20.5. The van der Waals surface area contributed by atoms with Crippen molar-refractivity contribution < 1.29 is 13.9 Å². The van der Waals surface area contributed by atoms with Gasteiger partial charge < -0.3 is 10.1 Å². The van der Waals surface area contributed by atoms with E-state index in [1.54, 1.807) is 18.2 Å². The molecule has 0 saturated heterocycles. The first-order valence-electron chi connectivity index (χ1n) is 6.60. The second kappa shape index (κ2) is 5.57. The number of fused-ring (bicyclic) bond motifs is 1. The van der Waals surface area contributed by atoms with Crippen LogP contribution in [-0.2, 0) is 24.2 Å². The van der Waals surface area contributed by atoms with Gasteiger partial charge in [-0.05, 0) is 11.6 Å². The largest absolute Gasteiger partial charge is 0.464 e. The minimum Gasteiger partial charge on any atom is -0.464 e. The third kappa shape index (κ3) is 2.62. The van der Waals surface area contributed by atoms with Crippen molar-refractivity contribution in [2.75, 3.05) is 7.11 Å². The number of nitrogens with one attached hydrogen (secondary N) is 1. The molecule has 0 radical (unpaired) electrons. The maximum Gasteiger partial charge on any atom is 0.357 e. The fourth-order valence-corrected chi connectivity index (χ4v) is 2.38. The highest BCUT2D eigenvalue weighted by atomic mass is 19.1. The van der Waals surface area contributed by atoms with Gasteiger partial charge in [-0.1, -0.05) is 18.2 Å². The summed E-state index contributed by atoms with van der Waals surface area (Å²) in [6.07, 6.45) is 0.240. The highest BCUT2D eigenvalue weighted by Crippen LogP contribution is 2.19. The molecule has 0 fully saturated rings. The second-order valence-electron chi connectivity index (χ2n) is 4.78. The lowest BCUT2D eigenvalue weighted by atomic mass is 10.1. The van der Waals surface area contributed by atoms with E-state index in [0.29, 0.717) is 24.5 Å². The molecule has 3 rings (SSSR count). The van der Waals surface area contributed by atoms with Crippen LogP contribution < -0.4 is 5.32 Å². The molecule has 6 heteroatoms. The molecule has 2 heterocycles. The summed E-state index contributed by atoms with van der Waals surface area (Å²) >= 11 is 0. The SMILES string of the molecule is COC(=O)c1nc(Cc2ccccc2F)nc2c1CNC2. The van der Waals surface area contributed by atoms with Crippen molar-refractivity contribution in [3.8, 4) is 0 Å². The Morgan fingerprint density at radius 1 is 1.33 bits per heavy atom. The van der Waals surface area contributed by atoms with Gasteiger partial charge in [0.15, 0.2) is 5.69 Å². The van der Waals surface area contributed by atoms with Crippen molar-refractivity contribution in [1.82, 2.24) is 15.3 Å². The predicted molar refractivity (Wildman–Crippen MR) is 73.1 cm³/mol. The van der Waals surface area contributed by atoms with Crippen molar-refractivity contribution in [1.29, 1.82) is 0 Å². The summed E-state index contributed by atoms with van der Waals surface area (Å²) in [5, 5.41) is 3.13. The van der Waals surface area contributed by atoms with E-state index in [-0.39, 0.29) is 17.9 Å². The predicted octanol–water partition coefficient (Wildman–Crippen LogP) is 1.60. The number of methoxy groups -OCH3 is 1. The second-order valence-corrected chi connectivity index (χ2v) is 4.78. The molecule has 5 nitrogen and oxygen atoms in total. The molecule has 0 bridgehead atoms. The van der Waals surface area contributed by atoms with Gasteiger partial charge in [0.1, 0.15) is 11.6 Å². The van der Waals surface area contributed by atoms with Gasteiger partial charge in [-0.3, -0.25) is 0 Å². The van der Waals surface area contributed by atoms with E-state index >= 15 is 0 Å². The minimum absolute atomic E-state index is 0.240. The number of aromatic nitrogens is 2. The van der Waals surface area contributed by atoms with Crippen LogP contribution in [-0.4, -0.2) is 23.0 Å². The van der Waals surface area contributed by atoms with Crippen LogP contribution >= 0.6 is 0 Å². The number of esters is 1. The van der Waals surface area contributed by atoms with Crippen molar-refractivity contribution in [3.63, 3.8) is 0 Å². The van der Waals surface area contributed by atoms with E-state index in [1.165, 1.54) is 13.2 Å². The lowest BCUT2D eigenvalue weighted by Gasteiger charge is -2.08. The normalized spacial score (nSPS) is 13.0. The number of hydrogen-bond donors (Lipinski definition) is 1. The number of ether oxygens (including phenoxy) is 1. The van der Waals surface area contributed by atoms with Crippen LogP contribution in [0.5, 0.6) is 0 Å². The number of halogens is 1. The van der Waals surface area contributed by atoms with Crippen molar-refractivity contribution in [2.24, 2.45) is 0 Å². The van der Waals surface area contributed by atoms with Crippen LogP contribution in [0, 0.1) is 5.82 Å². The van der Waals surface area contributed by atoms with Crippen LogP contribution in [0.4, 0.5) is 4.39 Å². The molecule has 1 aliphatic heterocycles. The molecule has 0 atom stereocenters. The lowest BCUT2D eigenvalue weighted by molar-refractivity contribution is 0.0592. The number of benzene rings is 1. The van der Waals surface area contributed by atoms with Crippen LogP contribution in [0.25, 0.3) is 0 Å². The first kappa shape index (κ1) is 13.6. The summed E-state index contributed by atoms with van der Waals surface area (Å²) in [6, 6.07) is 6.47. The summed E-state index contributed by atoms with van der Waals surface area (Å²) in [5.41, 5.74) is 2.30. The third-order valence-corrected chi connectivity index (χ3v) is 3.42. The van der Waals surface area contributed by atoms with Crippen LogP contribution in [0.3, 0.4) is 0 Å². The summed E-state index contributed by atoms with van der Waals surface area (Å²) in [5.74, 6) is -0.380. The molecule has 0 amide bonds. The Labute approximate surface area is 121 Å². The maximum absolute atomic E-state index is 13.7. The molecule has 0 spiro atoms. The molecular formula is C15H14FN3O2. The number of carbonyl (C=O) groups is 1. The van der Waals surface area contributed by atoms with Gasteiger partial charge in [-0.25, -0.2) is 19.2 Å². The van der Waals surface area contributed by atoms with Gasteiger partial charge in [0.25, 0.3) is 0 Å². The van der Waals surface area contributed by atoms with E-state index in [4.69, 9.17) is 4.74 Å². The zero-order chi connectivity index (χ0) is 14.8. The van der Waals surface area contributed by atoms with Gasteiger partial charge in [-0.15, -0.1) is 0 Å². The number of nitrogens with zero attached hydrogens (tertiary/aromatic N) is 2. The van der Waals surface area contributed by atoms with Gasteiger partial charge in [0, 0.05) is 25.1 Å². The molecule has 0 saturated carbocycles. The summed E-state index contributed by atoms with van der Waals surface area (Å²) < 4.78 is 18.5.